The summed E-state index contributed by atoms with van der Waals surface area (Å²) in [5, 5.41) is 5.05. The van der Waals surface area contributed by atoms with Crippen LogP contribution in [-0.2, 0) is 4.79 Å². The molecule has 0 aliphatic heterocycles. The molecule has 0 fully saturated rings. The van der Waals surface area contributed by atoms with E-state index in [0.717, 1.165) is 12.4 Å². The van der Waals surface area contributed by atoms with Crippen LogP contribution in [0.15, 0.2) is 24.7 Å². The van der Waals surface area contributed by atoms with Gasteiger partial charge in [0.2, 0.25) is 5.91 Å². The molecular formula is C17H16F4N6O. The van der Waals surface area contributed by atoms with Crippen molar-refractivity contribution in [2.75, 3.05) is 11.9 Å². The zero-order valence-electron chi connectivity index (χ0n) is 14.9. The summed E-state index contributed by atoms with van der Waals surface area (Å²) in [6.07, 6.45) is 0.720. The standard InChI is InChI=1S/C17H16F4N6O/c1-17(2,16(28)25-7-12(20)21)27-15-11(19)6-24-14(26-15)10-5-23-13-9(10)3-8(18)4-22-13/h3-6,12H,7H2,1-2H3,(H,22,23)(H,25,28)(H,24,26,27). The number of hydrogen-bond acceptors (Lipinski definition) is 5. The number of rotatable bonds is 6. The van der Waals surface area contributed by atoms with Crippen LogP contribution in [0.3, 0.4) is 0 Å². The van der Waals surface area contributed by atoms with Crippen LogP contribution in [-0.4, -0.2) is 44.4 Å². The summed E-state index contributed by atoms with van der Waals surface area (Å²) in [5.74, 6) is -2.41. The molecule has 0 aliphatic rings. The van der Waals surface area contributed by atoms with E-state index in [2.05, 4.69) is 30.6 Å². The van der Waals surface area contributed by atoms with Crippen molar-refractivity contribution in [3.63, 3.8) is 0 Å². The van der Waals surface area contributed by atoms with Gasteiger partial charge in [-0.2, -0.15) is 0 Å². The average Bonchev–Trinajstić information content (AvgIpc) is 3.04. The van der Waals surface area contributed by atoms with Gasteiger partial charge in [-0.1, -0.05) is 0 Å². The Bertz CT molecular complexity index is 1020. The Morgan fingerprint density at radius 3 is 2.71 bits per heavy atom. The number of nitrogens with zero attached hydrogens (tertiary/aromatic N) is 3. The van der Waals surface area contributed by atoms with E-state index in [1.54, 1.807) is 0 Å². The normalized spacial score (nSPS) is 11.8. The van der Waals surface area contributed by atoms with E-state index in [1.165, 1.54) is 26.1 Å². The third-order valence-electron chi connectivity index (χ3n) is 3.90. The van der Waals surface area contributed by atoms with Crippen molar-refractivity contribution in [1.29, 1.82) is 0 Å². The van der Waals surface area contributed by atoms with Crippen LogP contribution in [0.25, 0.3) is 22.4 Å². The highest BCUT2D eigenvalue weighted by Gasteiger charge is 2.29. The zero-order chi connectivity index (χ0) is 20.5. The predicted molar refractivity (Wildman–Crippen MR) is 93.8 cm³/mol. The van der Waals surface area contributed by atoms with E-state index >= 15 is 0 Å². The molecule has 0 bridgehead atoms. The molecule has 0 unspecified atom stereocenters. The summed E-state index contributed by atoms with van der Waals surface area (Å²) in [4.78, 5) is 26.8. The van der Waals surface area contributed by atoms with E-state index in [9.17, 15) is 22.4 Å². The van der Waals surface area contributed by atoms with Gasteiger partial charge in [-0.3, -0.25) is 4.79 Å². The number of H-pyrrole nitrogens is 1. The summed E-state index contributed by atoms with van der Waals surface area (Å²) >= 11 is 0. The number of amides is 1. The van der Waals surface area contributed by atoms with Crippen molar-refractivity contribution in [3.8, 4) is 11.4 Å². The Morgan fingerprint density at radius 1 is 1.25 bits per heavy atom. The van der Waals surface area contributed by atoms with Gasteiger partial charge in [0.05, 0.1) is 18.9 Å². The van der Waals surface area contributed by atoms with Crippen LogP contribution in [0, 0.1) is 11.6 Å². The van der Waals surface area contributed by atoms with Crippen LogP contribution in [0.1, 0.15) is 13.8 Å². The summed E-state index contributed by atoms with van der Waals surface area (Å²) in [5.41, 5.74) is -0.662. The molecule has 1 amide bonds. The number of carbonyl (C=O) groups is 1. The highest BCUT2D eigenvalue weighted by Crippen LogP contribution is 2.27. The molecule has 3 N–H and O–H groups in total. The summed E-state index contributed by atoms with van der Waals surface area (Å²) in [6, 6.07) is 1.23. The van der Waals surface area contributed by atoms with Gasteiger partial charge >= 0.3 is 0 Å². The minimum absolute atomic E-state index is 0.0614. The van der Waals surface area contributed by atoms with Gasteiger partial charge in [0.15, 0.2) is 17.5 Å². The monoisotopic (exact) mass is 396 g/mol. The van der Waals surface area contributed by atoms with Crippen LogP contribution in [0.5, 0.6) is 0 Å². The van der Waals surface area contributed by atoms with Crippen molar-refractivity contribution >= 4 is 22.8 Å². The molecule has 3 rings (SSSR count). The van der Waals surface area contributed by atoms with Crippen molar-refractivity contribution < 1.29 is 22.4 Å². The number of nitrogens with one attached hydrogen (secondary N) is 3. The fraction of sp³-hybridized carbons (Fsp3) is 0.294. The molecule has 148 valence electrons. The van der Waals surface area contributed by atoms with E-state index in [-0.39, 0.29) is 11.6 Å². The number of carbonyl (C=O) groups excluding carboxylic acids is 1. The molecule has 28 heavy (non-hydrogen) atoms. The number of fused-ring (bicyclic) bond motifs is 1. The van der Waals surface area contributed by atoms with Crippen LogP contribution in [0.4, 0.5) is 23.4 Å². The highest BCUT2D eigenvalue weighted by molar-refractivity contribution is 5.92. The minimum Gasteiger partial charge on any atom is -0.354 e. The Hall–Kier alpha value is -3.24. The fourth-order valence-electron chi connectivity index (χ4n) is 2.49. The second-order valence-electron chi connectivity index (χ2n) is 6.49. The van der Waals surface area contributed by atoms with E-state index in [4.69, 9.17) is 0 Å². The first-order valence-corrected chi connectivity index (χ1v) is 8.17. The van der Waals surface area contributed by atoms with Crippen molar-refractivity contribution in [3.05, 3.63) is 36.3 Å². The maximum absolute atomic E-state index is 14.2. The topological polar surface area (TPSA) is 95.6 Å². The van der Waals surface area contributed by atoms with E-state index in [0.29, 0.717) is 16.6 Å². The fourth-order valence-corrected chi connectivity index (χ4v) is 2.49. The molecule has 0 aliphatic carbocycles. The van der Waals surface area contributed by atoms with Gasteiger partial charge in [0.25, 0.3) is 6.43 Å². The maximum atomic E-state index is 14.2. The Morgan fingerprint density at radius 2 is 2.00 bits per heavy atom. The largest absolute Gasteiger partial charge is 0.354 e. The lowest BCUT2D eigenvalue weighted by atomic mass is 10.0. The predicted octanol–water partition coefficient (Wildman–Crippen LogP) is 2.87. The van der Waals surface area contributed by atoms with Crippen molar-refractivity contribution in [2.24, 2.45) is 0 Å². The van der Waals surface area contributed by atoms with Gasteiger partial charge in [0.1, 0.15) is 17.0 Å². The van der Waals surface area contributed by atoms with Crippen LogP contribution < -0.4 is 10.6 Å². The number of anilines is 1. The smallest absolute Gasteiger partial charge is 0.255 e. The molecule has 0 aromatic carbocycles. The van der Waals surface area contributed by atoms with Gasteiger partial charge in [-0.15, -0.1) is 0 Å². The van der Waals surface area contributed by atoms with Crippen molar-refractivity contribution in [1.82, 2.24) is 25.3 Å². The molecule has 0 atom stereocenters. The van der Waals surface area contributed by atoms with Crippen LogP contribution in [0.2, 0.25) is 0 Å². The summed E-state index contributed by atoms with van der Waals surface area (Å²) in [6.45, 7) is 1.95. The third-order valence-corrected chi connectivity index (χ3v) is 3.90. The first-order valence-electron chi connectivity index (χ1n) is 8.17. The van der Waals surface area contributed by atoms with E-state index in [1.807, 2.05) is 0 Å². The average molecular weight is 396 g/mol. The molecule has 3 aromatic heterocycles. The number of pyridine rings is 1. The summed E-state index contributed by atoms with van der Waals surface area (Å²) in [7, 11) is 0. The number of halogens is 4. The second kappa shape index (κ2) is 7.41. The maximum Gasteiger partial charge on any atom is 0.255 e. The molecule has 11 heteroatoms. The Balaban J connectivity index is 1.91. The zero-order valence-corrected chi connectivity index (χ0v) is 14.9. The first-order chi connectivity index (χ1) is 13.2. The lowest BCUT2D eigenvalue weighted by Crippen LogP contribution is -2.49. The van der Waals surface area contributed by atoms with Gasteiger partial charge in [0, 0.05) is 17.1 Å². The SMILES string of the molecule is CC(C)(Nc1nc(-c2c[nH]c3ncc(F)cc23)ncc1F)C(=O)NCC(F)F. The number of aromatic amines is 1. The highest BCUT2D eigenvalue weighted by atomic mass is 19.3. The number of hydrogen-bond donors (Lipinski definition) is 3. The minimum atomic E-state index is -2.71. The van der Waals surface area contributed by atoms with Gasteiger partial charge < -0.3 is 15.6 Å². The molecule has 7 nitrogen and oxygen atoms in total. The number of alkyl halides is 2. The van der Waals surface area contributed by atoms with Gasteiger partial charge in [-0.25, -0.2) is 32.5 Å². The first kappa shape index (κ1) is 19.5. The summed E-state index contributed by atoms with van der Waals surface area (Å²) < 4.78 is 52.3. The molecule has 0 saturated carbocycles. The van der Waals surface area contributed by atoms with E-state index < -0.39 is 36.1 Å². The van der Waals surface area contributed by atoms with Crippen molar-refractivity contribution in [2.45, 2.75) is 25.8 Å². The second-order valence-corrected chi connectivity index (χ2v) is 6.49. The molecule has 3 aromatic rings. The quantitative estimate of drug-likeness (QED) is 0.557. The Kier molecular flexibility index (Phi) is 5.16. The molecule has 0 saturated heterocycles. The molecular weight excluding hydrogens is 380 g/mol. The Labute approximate surface area is 156 Å². The van der Waals surface area contributed by atoms with Crippen LogP contribution >= 0.6 is 0 Å². The molecule has 3 heterocycles. The third kappa shape index (κ3) is 4.02. The molecule has 0 spiro atoms. The van der Waals surface area contributed by atoms with Gasteiger partial charge in [-0.05, 0) is 19.9 Å². The molecule has 0 radical (unpaired) electrons. The number of aromatic nitrogens is 4. The lowest BCUT2D eigenvalue weighted by molar-refractivity contribution is -0.125. The lowest BCUT2D eigenvalue weighted by Gasteiger charge is -2.26.